The van der Waals surface area contributed by atoms with E-state index in [4.69, 9.17) is 35.9 Å². The van der Waals surface area contributed by atoms with Gasteiger partial charge in [0.25, 0.3) is 0 Å². The van der Waals surface area contributed by atoms with Crippen LogP contribution in [-0.4, -0.2) is 43.2 Å². The maximum absolute atomic E-state index is 12.4. The van der Waals surface area contributed by atoms with Crippen molar-refractivity contribution in [2.75, 3.05) is 6.61 Å². The van der Waals surface area contributed by atoms with Crippen molar-refractivity contribution in [3.8, 4) is 5.75 Å². The van der Waals surface area contributed by atoms with Crippen LogP contribution < -0.4 is 4.74 Å². The minimum atomic E-state index is -0.549. The fourth-order valence-corrected chi connectivity index (χ4v) is 7.14. The Bertz CT molecular complexity index is 1520. The fourth-order valence-electron chi connectivity index (χ4n) is 7.14. The molecule has 0 bridgehead atoms. The Kier molecular flexibility index (Phi) is 13.1. The van der Waals surface area contributed by atoms with Gasteiger partial charge in [0.2, 0.25) is 7.33 Å². The van der Waals surface area contributed by atoms with Crippen LogP contribution in [0.25, 0.3) is 0 Å². The number of nitrogens with one attached hydrogen (secondary N) is 1. The number of fused-ring (bicyclic) bond motifs is 2. The minimum absolute atomic E-state index is 0.138. The average molecular weight is 674 g/mol. The first kappa shape index (κ1) is 34.6. The molecule has 1 fully saturated rings. The number of benzene rings is 3. The van der Waals surface area contributed by atoms with E-state index in [0.29, 0.717) is 24.0 Å². The number of hydrogen-bond donors (Lipinski definition) is 2. The molecule has 262 valence electrons. The van der Waals surface area contributed by atoms with Crippen molar-refractivity contribution in [2.45, 2.75) is 96.6 Å². The van der Waals surface area contributed by atoms with E-state index in [1.165, 1.54) is 5.56 Å². The molecule has 0 saturated heterocycles. The first-order chi connectivity index (χ1) is 24.4. The largest absolute Gasteiger partial charge is 0.482 e. The van der Waals surface area contributed by atoms with Crippen LogP contribution in [0.15, 0.2) is 78.9 Å². The Balaban J connectivity index is 1.13. The normalized spacial score (nSPS) is 20.3. The molecule has 5 rings (SSSR count). The van der Waals surface area contributed by atoms with Gasteiger partial charge in [-0.25, -0.2) is 4.79 Å². The Labute approximate surface area is 290 Å². The van der Waals surface area contributed by atoms with Gasteiger partial charge >= 0.3 is 11.9 Å². The van der Waals surface area contributed by atoms with Gasteiger partial charge in [-0.05, 0) is 84.6 Å². The smallest absolute Gasteiger partial charge is 0.344 e. The SMILES string of the molecule is [3H]OC1CC2Cc3c(cccc3OCC(=O)OCc3ccccc3)CC2C1CCC(CCCCC)OOC(=N)CC(=O)OCc1ccccc1. The summed E-state index contributed by atoms with van der Waals surface area (Å²) in [5.41, 5.74) is 4.11. The summed E-state index contributed by atoms with van der Waals surface area (Å²) in [5.74, 6) is 0.267. The van der Waals surface area contributed by atoms with Crippen LogP contribution in [0.2, 0.25) is 0 Å². The van der Waals surface area contributed by atoms with Gasteiger partial charge in [-0.1, -0.05) is 99.0 Å². The van der Waals surface area contributed by atoms with E-state index in [1.807, 2.05) is 72.8 Å². The lowest BCUT2D eigenvalue weighted by Crippen LogP contribution is -2.28. The average Bonchev–Trinajstić information content (AvgIpc) is 3.49. The molecular formula is C40H49NO8. The molecule has 0 aromatic heterocycles. The molecule has 9 nitrogen and oxygen atoms in total. The van der Waals surface area contributed by atoms with Gasteiger partial charge < -0.3 is 24.2 Å². The second kappa shape index (κ2) is 18.5. The summed E-state index contributed by atoms with van der Waals surface area (Å²) in [5, 5.41) is 13.5. The van der Waals surface area contributed by atoms with Crippen molar-refractivity contribution >= 4 is 17.8 Å². The summed E-state index contributed by atoms with van der Waals surface area (Å²) in [7, 11) is 0. The molecule has 0 spiro atoms. The number of aliphatic hydroxyl groups excluding tert-OH is 1. The number of ether oxygens (including phenoxy) is 3. The summed E-state index contributed by atoms with van der Waals surface area (Å²) in [4.78, 5) is 35.8. The predicted octanol–water partition coefficient (Wildman–Crippen LogP) is 7.31. The number of carbonyl (C=O) groups excluding carboxylic acids is 2. The van der Waals surface area contributed by atoms with Crippen LogP contribution in [0, 0.1) is 23.2 Å². The monoisotopic (exact) mass is 673 g/mol. The molecule has 3 aromatic carbocycles. The Morgan fingerprint density at radius 3 is 2.31 bits per heavy atom. The third-order valence-corrected chi connectivity index (χ3v) is 9.69. The Morgan fingerprint density at radius 1 is 0.898 bits per heavy atom. The van der Waals surface area contributed by atoms with Gasteiger partial charge in [-0.2, -0.15) is 4.89 Å². The lowest BCUT2D eigenvalue weighted by molar-refractivity contribution is -0.265. The van der Waals surface area contributed by atoms with Crippen molar-refractivity contribution < 1.29 is 38.7 Å². The highest BCUT2D eigenvalue weighted by Crippen LogP contribution is 2.48. The number of rotatable bonds is 19. The van der Waals surface area contributed by atoms with E-state index in [9.17, 15) is 9.59 Å². The van der Waals surface area contributed by atoms with E-state index in [-0.39, 0.29) is 50.3 Å². The molecule has 0 heterocycles. The lowest BCUT2D eigenvalue weighted by atomic mass is 9.73. The summed E-state index contributed by atoms with van der Waals surface area (Å²) < 4.78 is 24.6. The van der Waals surface area contributed by atoms with Crippen LogP contribution in [0.5, 0.6) is 5.75 Å². The number of unbranched alkanes of at least 4 members (excludes halogenated alkanes) is 2. The third kappa shape index (κ3) is 10.9. The zero-order chi connectivity index (χ0) is 35.1. The maximum Gasteiger partial charge on any atom is 0.344 e. The second-order valence-corrected chi connectivity index (χ2v) is 13.2. The highest BCUT2D eigenvalue weighted by atomic mass is 17.2. The molecule has 3 aromatic rings. The first-order valence-electron chi connectivity index (χ1n) is 18.0. The van der Waals surface area contributed by atoms with E-state index >= 15 is 0 Å². The topological polar surface area (TPSA) is 124 Å². The quantitative estimate of drug-likeness (QED) is 0.0339. The molecule has 9 heteroatoms. The molecule has 49 heavy (non-hydrogen) atoms. The molecule has 0 radical (unpaired) electrons. The van der Waals surface area contributed by atoms with Gasteiger partial charge in [0.1, 0.15) is 31.5 Å². The summed E-state index contributed by atoms with van der Waals surface area (Å²) >= 11 is 0. The standard InChI is InChI=1S/C40H49NO8/c1-2-3-6-17-32(48-49-38(41)24-39(43)46-25-28-12-7-4-8-13-28)19-20-33-34-21-30-16-11-18-37(35(30)22-31(34)23-36(33)42)45-27-40(44)47-26-29-14-9-5-10-15-29/h4-5,7-16,18,31-34,36,41-42H,2-3,6,17,19-27H2,1H3/i42T. The lowest BCUT2D eigenvalue weighted by Gasteiger charge is -2.32. The van der Waals surface area contributed by atoms with Gasteiger partial charge in [-0.3, -0.25) is 10.2 Å². The zero-order valence-electron chi connectivity index (χ0n) is 29.4. The van der Waals surface area contributed by atoms with Gasteiger partial charge in [0, 0.05) is 0 Å². The van der Waals surface area contributed by atoms with E-state index < -0.39 is 11.9 Å². The summed E-state index contributed by atoms with van der Waals surface area (Å²) in [6.07, 6.45) is 6.97. The van der Waals surface area contributed by atoms with Crippen molar-refractivity contribution in [1.29, 1.82) is 6.84 Å². The summed E-state index contributed by atoms with van der Waals surface area (Å²) in [6, 6.07) is 24.9. The fraction of sp³-hybridized carbons (Fsp3) is 0.475. The van der Waals surface area contributed by atoms with Gasteiger partial charge in [-0.15, -0.1) is 0 Å². The number of aliphatic hydroxyl groups is 1. The third-order valence-electron chi connectivity index (χ3n) is 9.69. The van der Waals surface area contributed by atoms with Crippen LogP contribution in [0.4, 0.5) is 0 Å². The number of hydrogen-bond acceptors (Lipinski definition) is 9. The van der Waals surface area contributed by atoms with Crippen LogP contribution >= 0.6 is 0 Å². The van der Waals surface area contributed by atoms with Crippen molar-refractivity contribution in [2.24, 2.45) is 17.8 Å². The second-order valence-electron chi connectivity index (χ2n) is 13.2. The Morgan fingerprint density at radius 2 is 1.61 bits per heavy atom. The van der Waals surface area contributed by atoms with Crippen molar-refractivity contribution in [3.63, 3.8) is 0 Å². The molecular weight excluding hydrogens is 622 g/mol. The van der Waals surface area contributed by atoms with Gasteiger partial charge in [0.05, 0.1) is 6.10 Å². The highest BCUT2D eigenvalue weighted by molar-refractivity contribution is 5.92. The Hall–Kier alpha value is -4.21. The molecule has 2 N–H and O–H groups in total. The molecule has 5 atom stereocenters. The first-order valence-corrected chi connectivity index (χ1v) is 17.6. The molecule has 1 saturated carbocycles. The summed E-state index contributed by atoms with van der Waals surface area (Å²) in [6.45, 7) is 2.33. The van der Waals surface area contributed by atoms with Crippen molar-refractivity contribution in [1.82, 2.24) is 0 Å². The van der Waals surface area contributed by atoms with Crippen LogP contribution in [-0.2, 0) is 54.9 Å². The molecule has 0 aliphatic heterocycles. The van der Waals surface area contributed by atoms with Gasteiger partial charge in [0.15, 0.2) is 6.61 Å². The molecule has 2 aliphatic carbocycles. The van der Waals surface area contributed by atoms with Crippen LogP contribution in [0.1, 0.15) is 80.5 Å². The minimum Gasteiger partial charge on any atom is -0.482 e. The van der Waals surface area contributed by atoms with E-state index in [1.54, 1.807) is 0 Å². The van der Waals surface area contributed by atoms with Crippen molar-refractivity contribution in [3.05, 3.63) is 101 Å². The number of carbonyl (C=O) groups is 2. The maximum atomic E-state index is 12.4. The molecule has 0 amide bonds. The highest BCUT2D eigenvalue weighted by Gasteiger charge is 2.45. The van der Waals surface area contributed by atoms with E-state index in [0.717, 1.165) is 68.1 Å². The number of esters is 2. The molecule has 5 unspecified atom stereocenters. The van der Waals surface area contributed by atoms with E-state index in [2.05, 4.69) is 13.0 Å². The zero-order valence-corrected chi connectivity index (χ0v) is 28.4. The van der Waals surface area contributed by atoms with Crippen LogP contribution in [0.3, 0.4) is 0 Å². The molecule has 2 aliphatic rings. The predicted molar refractivity (Wildman–Crippen MR) is 185 cm³/mol.